The standard InChI is InChI=1S/C19H26O2/c1-3-5-11-17-16(14-19(20)21-4-2)12-13-18(17)15-9-7-6-8-10-15/h6-10,16H,3-5,11-14H2,1-2H3. The van der Waals surface area contributed by atoms with Crippen molar-refractivity contribution >= 4 is 11.5 Å². The molecule has 0 bridgehead atoms. The molecule has 0 heterocycles. The number of hydrogen-bond acceptors (Lipinski definition) is 2. The molecule has 0 aromatic heterocycles. The number of rotatable bonds is 7. The van der Waals surface area contributed by atoms with Gasteiger partial charge >= 0.3 is 5.97 Å². The molecule has 1 atom stereocenters. The molecule has 0 fully saturated rings. The van der Waals surface area contributed by atoms with E-state index in [-0.39, 0.29) is 5.97 Å². The van der Waals surface area contributed by atoms with Gasteiger partial charge in [-0.05, 0) is 49.7 Å². The van der Waals surface area contributed by atoms with Gasteiger partial charge in [0, 0.05) is 0 Å². The minimum atomic E-state index is -0.0502. The first-order valence-corrected chi connectivity index (χ1v) is 8.19. The Kier molecular flexibility index (Phi) is 6.04. The Morgan fingerprint density at radius 2 is 2.00 bits per heavy atom. The van der Waals surface area contributed by atoms with Gasteiger partial charge in [-0.2, -0.15) is 0 Å². The maximum absolute atomic E-state index is 11.8. The van der Waals surface area contributed by atoms with E-state index >= 15 is 0 Å². The van der Waals surface area contributed by atoms with Gasteiger partial charge in [0.15, 0.2) is 0 Å². The fourth-order valence-electron chi connectivity index (χ4n) is 3.24. The Hall–Kier alpha value is -1.57. The van der Waals surface area contributed by atoms with Gasteiger partial charge in [0.2, 0.25) is 0 Å². The largest absolute Gasteiger partial charge is 0.466 e. The van der Waals surface area contributed by atoms with E-state index in [4.69, 9.17) is 4.74 Å². The number of allylic oxidation sites excluding steroid dienone is 2. The highest BCUT2D eigenvalue weighted by molar-refractivity contribution is 5.75. The summed E-state index contributed by atoms with van der Waals surface area (Å²) >= 11 is 0. The van der Waals surface area contributed by atoms with Gasteiger partial charge in [0.05, 0.1) is 13.0 Å². The Labute approximate surface area is 128 Å². The summed E-state index contributed by atoms with van der Waals surface area (Å²) in [7, 11) is 0. The van der Waals surface area contributed by atoms with E-state index in [0.29, 0.717) is 18.9 Å². The highest BCUT2D eigenvalue weighted by atomic mass is 16.5. The molecule has 0 amide bonds. The van der Waals surface area contributed by atoms with E-state index in [1.54, 1.807) is 0 Å². The van der Waals surface area contributed by atoms with Crippen LogP contribution in [0.25, 0.3) is 5.57 Å². The van der Waals surface area contributed by atoms with Gasteiger partial charge in [-0.1, -0.05) is 49.2 Å². The summed E-state index contributed by atoms with van der Waals surface area (Å²) < 4.78 is 5.14. The third-order valence-electron chi connectivity index (χ3n) is 4.26. The van der Waals surface area contributed by atoms with Crippen molar-refractivity contribution in [1.82, 2.24) is 0 Å². The van der Waals surface area contributed by atoms with Crippen molar-refractivity contribution in [3.8, 4) is 0 Å². The molecule has 1 aromatic carbocycles. The molecule has 0 saturated heterocycles. The third kappa shape index (κ3) is 4.20. The number of unbranched alkanes of at least 4 members (excludes halogenated alkanes) is 1. The molecule has 0 aliphatic heterocycles. The second-order valence-corrected chi connectivity index (χ2v) is 5.72. The number of carbonyl (C=O) groups excluding carboxylic acids is 1. The molecule has 0 saturated carbocycles. The lowest BCUT2D eigenvalue weighted by molar-refractivity contribution is -0.143. The van der Waals surface area contributed by atoms with Crippen molar-refractivity contribution in [2.75, 3.05) is 6.61 Å². The molecule has 0 spiro atoms. The minimum Gasteiger partial charge on any atom is -0.466 e. The number of esters is 1. The van der Waals surface area contributed by atoms with Crippen molar-refractivity contribution in [2.24, 2.45) is 5.92 Å². The second-order valence-electron chi connectivity index (χ2n) is 5.72. The van der Waals surface area contributed by atoms with E-state index in [0.717, 1.165) is 19.3 Å². The van der Waals surface area contributed by atoms with Crippen LogP contribution in [0, 0.1) is 5.92 Å². The van der Waals surface area contributed by atoms with Crippen molar-refractivity contribution in [3.05, 3.63) is 41.5 Å². The first-order valence-electron chi connectivity index (χ1n) is 8.19. The maximum Gasteiger partial charge on any atom is 0.306 e. The molecular formula is C19H26O2. The van der Waals surface area contributed by atoms with E-state index in [1.807, 2.05) is 6.92 Å². The number of hydrogen-bond donors (Lipinski definition) is 0. The summed E-state index contributed by atoms with van der Waals surface area (Å²) in [6, 6.07) is 10.6. The van der Waals surface area contributed by atoms with Crippen LogP contribution in [0.4, 0.5) is 0 Å². The molecule has 2 heteroatoms. The predicted molar refractivity (Wildman–Crippen MR) is 86.9 cm³/mol. The topological polar surface area (TPSA) is 26.3 Å². The summed E-state index contributed by atoms with van der Waals surface area (Å²) in [6.07, 6.45) is 6.23. The maximum atomic E-state index is 11.8. The van der Waals surface area contributed by atoms with Crippen LogP contribution in [-0.2, 0) is 9.53 Å². The first kappa shape index (κ1) is 15.8. The normalized spacial score (nSPS) is 18.1. The average Bonchev–Trinajstić information content (AvgIpc) is 2.89. The quantitative estimate of drug-likeness (QED) is 0.660. The Morgan fingerprint density at radius 3 is 2.67 bits per heavy atom. The fraction of sp³-hybridized carbons (Fsp3) is 0.526. The molecule has 114 valence electrons. The first-order chi connectivity index (χ1) is 10.3. The van der Waals surface area contributed by atoms with E-state index in [2.05, 4.69) is 37.3 Å². The Bertz CT molecular complexity index is 488. The highest BCUT2D eigenvalue weighted by Gasteiger charge is 2.27. The SMILES string of the molecule is CCCCC1=C(c2ccccc2)CCC1CC(=O)OCC. The molecule has 1 aliphatic rings. The van der Waals surface area contributed by atoms with Crippen LogP contribution >= 0.6 is 0 Å². The zero-order valence-electron chi connectivity index (χ0n) is 13.2. The molecular weight excluding hydrogens is 260 g/mol. The van der Waals surface area contributed by atoms with Gasteiger partial charge in [-0.3, -0.25) is 4.79 Å². The van der Waals surface area contributed by atoms with E-state index in [1.165, 1.54) is 29.6 Å². The minimum absolute atomic E-state index is 0.0502. The molecule has 2 nitrogen and oxygen atoms in total. The summed E-state index contributed by atoms with van der Waals surface area (Å²) in [6.45, 7) is 4.57. The van der Waals surface area contributed by atoms with Crippen LogP contribution in [0.15, 0.2) is 35.9 Å². The molecule has 0 radical (unpaired) electrons. The van der Waals surface area contributed by atoms with Crippen molar-refractivity contribution in [2.45, 2.75) is 52.4 Å². The molecule has 21 heavy (non-hydrogen) atoms. The average molecular weight is 286 g/mol. The molecule has 1 unspecified atom stereocenters. The Balaban J connectivity index is 2.19. The summed E-state index contributed by atoms with van der Waals surface area (Å²) in [5.74, 6) is 0.330. The summed E-state index contributed by atoms with van der Waals surface area (Å²) in [4.78, 5) is 11.8. The van der Waals surface area contributed by atoms with Crippen LogP contribution in [0.2, 0.25) is 0 Å². The lowest BCUT2D eigenvalue weighted by atomic mass is 9.91. The molecule has 1 aromatic rings. The van der Waals surface area contributed by atoms with Crippen LogP contribution in [0.3, 0.4) is 0 Å². The van der Waals surface area contributed by atoms with Crippen LogP contribution in [0.5, 0.6) is 0 Å². The Morgan fingerprint density at radius 1 is 1.24 bits per heavy atom. The molecule has 0 N–H and O–H groups in total. The van der Waals surface area contributed by atoms with Gasteiger partial charge in [0.25, 0.3) is 0 Å². The fourth-order valence-corrected chi connectivity index (χ4v) is 3.24. The number of carbonyl (C=O) groups is 1. The molecule has 2 rings (SSSR count). The van der Waals surface area contributed by atoms with Crippen molar-refractivity contribution in [3.63, 3.8) is 0 Å². The third-order valence-corrected chi connectivity index (χ3v) is 4.26. The van der Waals surface area contributed by atoms with Gasteiger partial charge < -0.3 is 4.74 Å². The second kappa shape index (κ2) is 8.02. The van der Waals surface area contributed by atoms with E-state index < -0.39 is 0 Å². The monoisotopic (exact) mass is 286 g/mol. The number of ether oxygens (including phenoxy) is 1. The van der Waals surface area contributed by atoms with Crippen molar-refractivity contribution < 1.29 is 9.53 Å². The predicted octanol–water partition coefficient (Wildman–Crippen LogP) is 4.99. The molecule has 1 aliphatic carbocycles. The van der Waals surface area contributed by atoms with Crippen LogP contribution < -0.4 is 0 Å². The van der Waals surface area contributed by atoms with Gasteiger partial charge in [-0.15, -0.1) is 0 Å². The zero-order valence-corrected chi connectivity index (χ0v) is 13.2. The van der Waals surface area contributed by atoms with Crippen LogP contribution in [0.1, 0.15) is 57.9 Å². The van der Waals surface area contributed by atoms with E-state index in [9.17, 15) is 4.79 Å². The lowest BCUT2D eigenvalue weighted by Gasteiger charge is -2.15. The lowest BCUT2D eigenvalue weighted by Crippen LogP contribution is -2.11. The zero-order chi connectivity index (χ0) is 15.1. The van der Waals surface area contributed by atoms with Crippen LogP contribution in [-0.4, -0.2) is 12.6 Å². The summed E-state index contributed by atoms with van der Waals surface area (Å²) in [5.41, 5.74) is 4.30. The highest BCUT2D eigenvalue weighted by Crippen LogP contribution is 2.42. The van der Waals surface area contributed by atoms with Gasteiger partial charge in [-0.25, -0.2) is 0 Å². The van der Waals surface area contributed by atoms with Crippen molar-refractivity contribution in [1.29, 1.82) is 0 Å². The smallest absolute Gasteiger partial charge is 0.306 e. The number of benzene rings is 1. The van der Waals surface area contributed by atoms with Gasteiger partial charge in [0.1, 0.15) is 0 Å². The summed E-state index contributed by atoms with van der Waals surface area (Å²) in [5, 5.41) is 0.